The van der Waals surface area contributed by atoms with E-state index in [4.69, 9.17) is 28.3 Å². The Morgan fingerprint density at radius 2 is 1.83 bits per heavy atom. The lowest BCUT2D eigenvalue weighted by molar-refractivity contribution is -0.105. The highest BCUT2D eigenvalue weighted by atomic mass is 17.3. The van der Waals surface area contributed by atoms with E-state index < -0.39 is 12.1 Å². The second-order valence-electron chi connectivity index (χ2n) is 10.4. The first-order valence-electron chi connectivity index (χ1n) is 13.7. The Bertz CT molecular complexity index is 1720. The first kappa shape index (κ1) is 26.6. The minimum atomic E-state index is -0.556. The summed E-state index contributed by atoms with van der Waals surface area (Å²) in [7, 11) is 1.60. The highest BCUT2D eigenvalue weighted by Gasteiger charge is 2.31. The van der Waals surface area contributed by atoms with Crippen LogP contribution in [0.25, 0.3) is 27.2 Å². The number of carbonyl (C=O) groups is 2. The Balaban J connectivity index is 1.48. The first-order chi connectivity index (χ1) is 20.0. The molecule has 1 atom stereocenters. The minimum Gasteiger partial charge on any atom is -0.496 e. The summed E-state index contributed by atoms with van der Waals surface area (Å²) in [5.74, 6) is 1.06. The third kappa shape index (κ3) is 5.15. The van der Waals surface area contributed by atoms with Crippen LogP contribution < -0.4 is 14.2 Å². The molecule has 9 nitrogen and oxygen atoms in total. The van der Waals surface area contributed by atoms with Gasteiger partial charge in [0, 0.05) is 22.6 Å². The summed E-state index contributed by atoms with van der Waals surface area (Å²) >= 11 is 0. The fraction of sp³-hybridized carbons (Fsp3) is 0.312. The quantitative estimate of drug-likeness (QED) is 0.0834. The van der Waals surface area contributed by atoms with Crippen molar-refractivity contribution in [2.75, 3.05) is 13.9 Å². The smallest absolute Gasteiger partial charge is 0.339 e. The van der Waals surface area contributed by atoms with Crippen molar-refractivity contribution in [2.45, 2.75) is 52.1 Å². The van der Waals surface area contributed by atoms with Crippen molar-refractivity contribution in [3.05, 3.63) is 70.8 Å². The molecule has 1 aliphatic carbocycles. The van der Waals surface area contributed by atoms with Crippen LogP contribution in [0.1, 0.15) is 56.3 Å². The summed E-state index contributed by atoms with van der Waals surface area (Å²) in [4.78, 5) is 27.0. The fourth-order valence-electron chi connectivity index (χ4n) is 5.50. The lowest BCUT2D eigenvalue weighted by atomic mass is 9.94. The Morgan fingerprint density at radius 3 is 2.61 bits per heavy atom. The number of hydrogen-bond acceptors (Lipinski definition) is 8. The Kier molecular flexibility index (Phi) is 7.17. The van der Waals surface area contributed by atoms with Gasteiger partial charge >= 0.3 is 5.97 Å². The number of aromatic nitrogens is 1. The average Bonchev–Trinajstić information content (AvgIpc) is 3.72. The maximum Gasteiger partial charge on any atom is 0.339 e. The number of methoxy groups -OCH3 is 1. The maximum absolute atomic E-state index is 14.0. The van der Waals surface area contributed by atoms with Gasteiger partial charge in [-0.3, -0.25) is 4.79 Å². The van der Waals surface area contributed by atoms with Gasteiger partial charge < -0.3 is 18.9 Å². The Labute approximate surface area is 236 Å². The zero-order valence-corrected chi connectivity index (χ0v) is 23.2. The molecule has 1 unspecified atom stereocenters. The molecule has 4 aromatic rings. The van der Waals surface area contributed by atoms with Gasteiger partial charge in [0.25, 0.3) is 0 Å². The number of carbonyl (C=O) groups excluding carboxylic acids is 2. The van der Waals surface area contributed by atoms with Crippen molar-refractivity contribution in [1.29, 1.82) is 0 Å². The zero-order chi connectivity index (χ0) is 28.5. The molecule has 1 aliphatic heterocycles. The molecule has 0 fully saturated rings. The molecule has 41 heavy (non-hydrogen) atoms. The topological polar surface area (TPSA) is 102 Å². The summed E-state index contributed by atoms with van der Waals surface area (Å²) in [6.07, 6.45) is 10.1. The summed E-state index contributed by atoms with van der Waals surface area (Å²) in [5.41, 5.74) is 3.66. The number of nitrogens with zero attached hydrogens (tertiary/aromatic N) is 1. The van der Waals surface area contributed by atoms with Gasteiger partial charge in [-0.1, -0.05) is 35.9 Å². The summed E-state index contributed by atoms with van der Waals surface area (Å²) in [5, 5.41) is 2.80. The molecule has 212 valence electrons. The summed E-state index contributed by atoms with van der Waals surface area (Å²) in [6, 6.07) is 9.16. The van der Waals surface area contributed by atoms with E-state index in [2.05, 4.69) is 19.1 Å². The standard InChI is InChI=1S/C32H31NO8/c1-19-7-4-9-20(2)26(14-13-21(17-34)10-5-8-19)39-32(35)24-16-28-31(38-18-37-28)30-22-11-6-12-27(36-3)23(22)15-25(29(24)30)33-40-41-33/h6,8-9,11-13,15-17,26H,4-5,7,10,14,18H2,1-3H3. The number of esters is 1. The SMILES string of the molecule is COc1cccc2c1cc(-n1oo1)c1c(C(=O)OC3CC=C(C=O)CCC=C(C)CCC=C3C)cc3c(c12)OCO3. The molecule has 0 saturated heterocycles. The Hall–Kier alpha value is -4.66. The number of fused-ring (bicyclic) bond motifs is 5. The summed E-state index contributed by atoms with van der Waals surface area (Å²) < 4.78 is 33.6. The lowest BCUT2D eigenvalue weighted by Crippen LogP contribution is -2.20. The molecule has 0 spiro atoms. The number of ether oxygens (including phenoxy) is 4. The second-order valence-corrected chi connectivity index (χ2v) is 10.4. The van der Waals surface area contributed by atoms with Gasteiger partial charge in [0.05, 0.1) is 17.6 Å². The molecule has 2 heterocycles. The van der Waals surface area contributed by atoms with Gasteiger partial charge in [0.2, 0.25) is 6.79 Å². The minimum absolute atomic E-state index is 0.0208. The third-order valence-corrected chi connectivity index (χ3v) is 7.76. The van der Waals surface area contributed by atoms with Crippen LogP contribution in [0.5, 0.6) is 17.2 Å². The highest BCUT2D eigenvalue weighted by molar-refractivity contribution is 6.21. The van der Waals surface area contributed by atoms with E-state index in [1.807, 2.05) is 37.3 Å². The van der Waals surface area contributed by atoms with Gasteiger partial charge in [-0.15, -0.1) is 9.36 Å². The molecule has 2 aliphatic rings. The van der Waals surface area contributed by atoms with E-state index >= 15 is 0 Å². The van der Waals surface area contributed by atoms with Gasteiger partial charge in [0.15, 0.2) is 11.5 Å². The lowest BCUT2D eigenvalue weighted by Gasteiger charge is -2.20. The van der Waals surface area contributed by atoms with Crippen molar-refractivity contribution < 1.29 is 37.9 Å². The largest absolute Gasteiger partial charge is 0.496 e. The van der Waals surface area contributed by atoms with Gasteiger partial charge in [-0.2, -0.15) is 0 Å². The predicted octanol–water partition coefficient (Wildman–Crippen LogP) is 7.21. The molecular formula is C32H31NO8. The molecule has 0 amide bonds. The fourth-order valence-corrected chi connectivity index (χ4v) is 5.50. The molecular weight excluding hydrogens is 526 g/mol. The maximum atomic E-state index is 14.0. The monoisotopic (exact) mass is 557 g/mol. The molecule has 0 saturated carbocycles. The van der Waals surface area contributed by atoms with Crippen LogP contribution in [0.15, 0.2) is 74.6 Å². The van der Waals surface area contributed by atoms with Gasteiger partial charge in [0.1, 0.15) is 23.8 Å². The Morgan fingerprint density at radius 1 is 1.00 bits per heavy atom. The number of benzene rings is 3. The van der Waals surface area contributed by atoms with E-state index in [1.165, 1.54) is 10.5 Å². The third-order valence-electron chi connectivity index (χ3n) is 7.76. The van der Waals surface area contributed by atoms with E-state index in [1.54, 1.807) is 13.2 Å². The van der Waals surface area contributed by atoms with E-state index in [0.29, 0.717) is 52.1 Å². The van der Waals surface area contributed by atoms with Crippen molar-refractivity contribution in [2.24, 2.45) is 0 Å². The van der Waals surface area contributed by atoms with Crippen LogP contribution in [0.2, 0.25) is 0 Å². The van der Waals surface area contributed by atoms with Crippen LogP contribution in [-0.4, -0.2) is 37.2 Å². The average molecular weight is 558 g/mol. The highest BCUT2D eigenvalue weighted by Crippen LogP contribution is 2.48. The summed E-state index contributed by atoms with van der Waals surface area (Å²) in [6.45, 7) is 4.08. The van der Waals surface area contributed by atoms with Crippen molar-refractivity contribution in [1.82, 2.24) is 4.91 Å². The molecule has 9 heteroatoms. The van der Waals surface area contributed by atoms with Crippen LogP contribution in [0.4, 0.5) is 0 Å². The molecule has 1 aromatic heterocycles. The van der Waals surface area contributed by atoms with Gasteiger partial charge in [-0.05, 0) is 74.3 Å². The van der Waals surface area contributed by atoms with Crippen LogP contribution in [0, 0.1) is 0 Å². The molecule has 0 bridgehead atoms. The molecule has 6 rings (SSSR count). The molecule has 0 N–H and O–H groups in total. The van der Waals surface area contributed by atoms with Crippen molar-refractivity contribution in [3.63, 3.8) is 0 Å². The van der Waals surface area contributed by atoms with Crippen LogP contribution >= 0.6 is 0 Å². The van der Waals surface area contributed by atoms with Crippen molar-refractivity contribution >= 4 is 33.8 Å². The second kappa shape index (κ2) is 11.1. The van der Waals surface area contributed by atoms with Crippen LogP contribution in [0.3, 0.4) is 0 Å². The zero-order valence-electron chi connectivity index (χ0n) is 23.2. The normalized spacial score (nSPS) is 17.8. The van der Waals surface area contributed by atoms with E-state index in [-0.39, 0.29) is 12.4 Å². The number of rotatable bonds is 5. The van der Waals surface area contributed by atoms with E-state index in [9.17, 15) is 9.59 Å². The van der Waals surface area contributed by atoms with Crippen LogP contribution in [-0.2, 0) is 9.53 Å². The molecule has 3 aromatic carbocycles. The van der Waals surface area contributed by atoms with Crippen molar-refractivity contribution in [3.8, 4) is 22.9 Å². The molecule has 0 radical (unpaired) electrons. The number of hydrogen-bond donors (Lipinski definition) is 0. The number of allylic oxidation sites excluding steroid dienone is 4. The predicted molar refractivity (Wildman–Crippen MR) is 152 cm³/mol. The first-order valence-corrected chi connectivity index (χ1v) is 13.7. The number of aldehydes is 1. The van der Waals surface area contributed by atoms with Gasteiger partial charge in [-0.25, -0.2) is 4.79 Å². The van der Waals surface area contributed by atoms with E-state index in [0.717, 1.165) is 41.9 Å².